The Morgan fingerprint density at radius 1 is 1.11 bits per heavy atom. The van der Waals surface area contributed by atoms with E-state index in [-0.39, 0.29) is 17.8 Å². The Balaban J connectivity index is 1.47. The molecular formula is C23H27FN2O2. The van der Waals surface area contributed by atoms with Crippen LogP contribution in [0.2, 0.25) is 0 Å². The van der Waals surface area contributed by atoms with Crippen molar-refractivity contribution in [3.63, 3.8) is 0 Å². The Kier molecular flexibility index (Phi) is 5.36. The van der Waals surface area contributed by atoms with Gasteiger partial charge in [-0.2, -0.15) is 0 Å². The van der Waals surface area contributed by atoms with Crippen LogP contribution in [0.15, 0.2) is 48.5 Å². The zero-order chi connectivity index (χ0) is 19.6. The third kappa shape index (κ3) is 3.76. The van der Waals surface area contributed by atoms with Gasteiger partial charge in [-0.1, -0.05) is 24.3 Å². The summed E-state index contributed by atoms with van der Waals surface area (Å²) in [5, 5.41) is 3.20. The van der Waals surface area contributed by atoms with Gasteiger partial charge in [0.25, 0.3) is 0 Å². The number of carbonyl (C=O) groups excluding carboxylic acids is 1. The van der Waals surface area contributed by atoms with E-state index in [0.29, 0.717) is 6.54 Å². The van der Waals surface area contributed by atoms with Crippen LogP contribution in [0.4, 0.5) is 4.39 Å². The summed E-state index contributed by atoms with van der Waals surface area (Å²) in [5.74, 6) is 0.617. The van der Waals surface area contributed by atoms with E-state index in [2.05, 4.69) is 22.3 Å². The van der Waals surface area contributed by atoms with E-state index in [4.69, 9.17) is 4.74 Å². The van der Waals surface area contributed by atoms with Gasteiger partial charge in [0.15, 0.2) is 0 Å². The number of methoxy groups -OCH3 is 1. The SMILES string of the molecule is COc1ccc(C(CNC(=O)C2(c3ccc(F)cc3)CC2)N2CCCC2)cc1. The fraction of sp³-hybridized carbons (Fsp3) is 0.435. The van der Waals surface area contributed by atoms with Gasteiger partial charge in [-0.15, -0.1) is 0 Å². The van der Waals surface area contributed by atoms with Crippen LogP contribution in [0.5, 0.6) is 5.75 Å². The second-order valence-corrected chi connectivity index (χ2v) is 7.83. The molecule has 1 N–H and O–H groups in total. The standard InChI is InChI=1S/C23H27FN2O2/c1-28-20-10-4-17(5-11-20)21(26-14-2-3-15-26)16-25-22(27)23(12-13-23)18-6-8-19(24)9-7-18/h4-11,21H,2-3,12-16H2,1H3,(H,25,27). The van der Waals surface area contributed by atoms with Gasteiger partial charge in [0.1, 0.15) is 11.6 Å². The van der Waals surface area contributed by atoms with Gasteiger partial charge in [0.05, 0.1) is 18.6 Å². The van der Waals surface area contributed by atoms with Crippen LogP contribution in [-0.2, 0) is 10.2 Å². The number of hydrogen-bond donors (Lipinski definition) is 1. The van der Waals surface area contributed by atoms with Crippen LogP contribution < -0.4 is 10.1 Å². The van der Waals surface area contributed by atoms with Crippen molar-refractivity contribution in [2.75, 3.05) is 26.7 Å². The number of halogens is 1. The van der Waals surface area contributed by atoms with Gasteiger partial charge < -0.3 is 10.1 Å². The van der Waals surface area contributed by atoms with Gasteiger partial charge >= 0.3 is 0 Å². The van der Waals surface area contributed by atoms with Gasteiger partial charge in [0, 0.05) is 6.54 Å². The lowest BCUT2D eigenvalue weighted by Crippen LogP contribution is -2.41. The highest BCUT2D eigenvalue weighted by Gasteiger charge is 2.51. The molecule has 0 radical (unpaired) electrons. The van der Waals surface area contributed by atoms with Crippen LogP contribution >= 0.6 is 0 Å². The predicted molar refractivity (Wildman–Crippen MR) is 107 cm³/mol. The summed E-state index contributed by atoms with van der Waals surface area (Å²) in [4.78, 5) is 15.5. The summed E-state index contributed by atoms with van der Waals surface area (Å²) >= 11 is 0. The van der Waals surface area contributed by atoms with E-state index in [9.17, 15) is 9.18 Å². The van der Waals surface area contributed by atoms with Crippen molar-refractivity contribution < 1.29 is 13.9 Å². The van der Waals surface area contributed by atoms with Crippen LogP contribution in [0, 0.1) is 5.82 Å². The number of rotatable bonds is 7. The second kappa shape index (κ2) is 7.92. The minimum atomic E-state index is -0.483. The number of hydrogen-bond acceptors (Lipinski definition) is 3. The fourth-order valence-corrected chi connectivity index (χ4v) is 4.24. The summed E-state index contributed by atoms with van der Waals surface area (Å²) in [6.07, 6.45) is 4.03. The molecule has 1 amide bonds. The average Bonchev–Trinajstić information content (AvgIpc) is 3.37. The first-order valence-corrected chi connectivity index (χ1v) is 10.0. The summed E-state index contributed by atoms with van der Waals surface area (Å²) in [5.41, 5.74) is 1.62. The zero-order valence-electron chi connectivity index (χ0n) is 16.3. The molecular weight excluding hydrogens is 355 g/mol. The van der Waals surface area contributed by atoms with E-state index >= 15 is 0 Å². The van der Waals surface area contributed by atoms with Crippen molar-refractivity contribution in [1.29, 1.82) is 0 Å². The Labute approximate surface area is 165 Å². The molecule has 2 aromatic rings. The summed E-state index contributed by atoms with van der Waals surface area (Å²) in [7, 11) is 1.66. The number of benzene rings is 2. The second-order valence-electron chi connectivity index (χ2n) is 7.83. The van der Waals surface area contributed by atoms with Crippen molar-refractivity contribution >= 4 is 5.91 Å². The molecule has 2 aliphatic rings. The van der Waals surface area contributed by atoms with Crippen molar-refractivity contribution in [2.24, 2.45) is 0 Å². The molecule has 148 valence electrons. The molecule has 2 aromatic carbocycles. The maximum Gasteiger partial charge on any atom is 0.230 e. The van der Waals surface area contributed by atoms with Crippen LogP contribution in [-0.4, -0.2) is 37.6 Å². The van der Waals surface area contributed by atoms with Gasteiger partial charge in [-0.3, -0.25) is 9.69 Å². The third-order valence-electron chi connectivity index (χ3n) is 6.12. The van der Waals surface area contributed by atoms with Crippen LogP contribution in [0.3, 0.4) is 0 Å². The molecule has 1 aliphatic heterocycles. The molecule has 1 saturated carbocycles. The van der Waals surface area contributed by atoms with Crippen LogP contribution in [0.25, 0.3) is 0 Å². The molecule has 2 fully saturated rings. The van der Waals surface area contributed by atoms with Gasteiger partial charge in [-0.05, 0) is 74.2 Å². The molecule has 1 atom stereocenters. The topological polar surface area (TPSA) is 41.6 Å². The molecule has 0 spiro atoms. The molecule has 1 heterocycles. The lowest BCUT2D eigenvalue weighted by molar-refractivity contribution is -0.123. The lowest BCUT2D eigenvalue weighted by Gasteiger charge is -2.29. The smallest absolute Gasteiger partial charge is 0.230 e. The lowest BCUT2D eigenvalue weighted by atomic mass is 9.94. The quantitative estimate of drug-likeness (QED) is 0.792. The molecule has 28 heavy (non-hydrogen) atoms. The summed E-state index contributed by atoms with van der Waals surface area (Å²) in [6.45, 7) is 2.68. The summed E-state index contributed by atoms with van der Waals surface area (Å²) in [6, 6.07) is 14.6. The maximum absolute atomic E-state index is 13.2. The minimum absolute atomic E-state index is 0.0526. The zero-order valence-corrected chi connectivity index (χ0v) is 16.3. The molecule has 4 nitrogen and oxygen atoms in total. The van der Waals surface area contributed by atoms with E-state index in [1.807, 2.05) is 12.1 Å². The van der Waals surface area contributed by atoms with E-state index in [0.717, 1.165) is 37.2 Å². The minimum Gasteiger partial charge on any atom is -0.497 e. The van der Waals surface area contributed by atoms with E-state index in [1.165, 1.54) is 30.5 Å². The molecule has 1 unspecified atom stereocenters. The largest absolute Gasteiger partial charge is 0.497 e. The number of nitrogens with zero attached hydrogens (tertiary/aromatic N) is 1. The molecule has 0 aromatic heterocycles. The fourth-order valence-electron chi connectivity index (χ4n) is 4.24. The van der Waals surface area contributed by atoms with Crippen molar-refractivity contribution in [1.82, 2.24) is 10.2 Å². The Hall–Kier alpha value is -2.40. The van der Waals surface area contributed by atoms with E-state index in [1.54, 1.807) is 19.2 Å². The first kappa shape index (κ1) is 18.9. The van der Waals surface area contributed by atoms with Crippen molar-refractivity contribution in [2.45, 2.75) is 37.1 Å². The Morgan fingerprint density at radius 2 is 1.75 bits per heavy atom. The number of amides is 1. The molecule has 4 rings (SSSR count). The number of ether oxygens (including phenoxy) is 1. The number of nitrogens with one attached hydrogen (secondary N) is 1. The van der Waals surface area contributed by atoms with Crippen molar-refractivity contribution in [3.05, 3.63) is 65.5 Å². The number of likely N-dealkylation sites (tertiary alicyclic amines) is 1. The first-order valence-electron chi connectivity index (χ1n) is 10.0. The normalized spacial score (nSPS) is 19.2. The third-order valence-corrected chi connectivity index (χ3v) is 6.12. The monoisotopic (exact) mass is 382 g/mol. The molecule has 5 heteroatoms. The van der Waals surface area contributed by atoms with Crippen LogP contribution in [0.1, 0.15) is 42.9 Å². The van der Waals surface area contributed by atoms with Gasteiger partial charge in [-0.25, -0.2) is 4.39 Å². The number of carbonyl (C=O) groups is 1. The molecule has 0 bridgehead atoms. The Bertz CT molecular complexity index is 810. The summed E-state index contributed by atoms with van der Waals surface area (Å²) < 4.78 is 18.5. The molecule has 1 saturated heterocycles. The highest BCUT2D eigenvalue weighted by Crippen LogP contribution is 2.48. The maximum atomic E-state index is 13.2. The van der Waals surface area contributed by atoms with Crippen molar-refractivity contribution in [3.8, 4) is 5.75 Å². The van der Waals surface area contributed by atoms with E-state index < -0.39 is 5.41 Å². The highest BCUT2D eigenvalue weighted by molar-refractivity contribution is 5.91. The Morgan fingerprint density at radius 3 is 2.32 bits per heavy atom. The molecule has 1 aliphatic carbocycles. The average molecular weight is 382 g/mol. The predicted octanol–water partition coefficient (Wildman–Crippen LogP) is 3.82. The van der Waals surface area contributed by atoms with Gasteiger partial charge in [0.2, 0.25) is 5.91 Å². The first-order chi connectivity index (χ1) is 13.6. The highest BCUT2D eigenvalue weighted by atomic mass is 19.1.